The second-order valence-corrected chi connectivity index (χ2v) is 8.69. The quantitative estimate of drug-likeness (QED) is 0.774. The molecule has 0 aromatic carbocycles. The van der Waals surface area contributed by atoms with E-state index < -0.39 is 11.7 Å². The van der Waals surface area contributed by atoms with Gasteiger partial charge in [0.1, 0.15) is 5.60 Å². The van der Waals surface area contributed by atoms with Crippen molar-refractivity contribution in [3.8, 4) is 0 Å². The first-order chi connectivity index (χ1) is 12.7. The van der Waals surface area contributed by atoms with Crippen LogP contribution in [0.2, 0.25) is 0 Å². The molecule has 0 atom stereocenters. The molecule has 7 nitrogen and oxygen atoms in total. The van der Waals surface area contributed by atoms with Gasteiger partial charge in [0.05, 0.1) is 6.42 Å². The number of nitrogens with one attached hydrogen (secondary N) is 2. The van der Waals surface area contributed by atoms with Crippen molar-refractivity contribution < 1.29 is 19.1 Å². The van der Waals surface area contributed by atoms with Crippen LogP contribution in [-0.2, 0) is 20.7 Å². The van der Waals surface area contributed by atoms with Crippen molar-refractivity contribution in [1.82, 2.24) is 15.5 Å². The van der Waals surface area contributed by atoms with E-state index in [-0.39, 0.29) is 30.8 Å². The van der Waals surface area contributed by atoms with E-state index in [4.69, 9.17) is 4.74 Å². The van der Waals surface area contributed by atoms with Gasteiger partial charge in [-0.25, -0.2) is 4.79 Å². The molecule has 0 unspecified atom stereocenters. The van der Waals surface area contributed by atoms with Gasteiger partial charge >= 0.3 is 6.09 Å². The van der Waals surface area contributed by atoms with E-state index >= 15 is 0 Å². The molecule has 0 bridgehead atoms. The van der Waals surface area contributed by atoms with Crippen LogP contribution in [-0.4, -0.2) is 54.1 Å². The molecule has 2 rings (SSSR count). The van der Waals surface area contributed by atoms with Gasteiger partial charge in [0, 0.05) is 37.0 Å². The molecule has 8 heteroatoms. The van der Waals surface area contributed by atoms with Gasteiger partial charge in [0.2, 0.25) is 11.8 Å². The molecule has 1 aliphatic heterocycles. The maximum Gasteiger partial charge on any atom is 0.407 e. The molecule has 150 valence electrons. The lowest BCUT2D eigenvalue weighted by Gasteiger charge is -2.32. The van der Waals surface area contributed by atoms with E-state index in [0.29, 0.717) is 19.5 Å². The number of carbonyl (C=O) groups is 3. The molecule has 0 spiro atoms. The van der Waals surface area contributed by atoms with Crippen LogP contribution in [0.1, 0.15) is 44.9 Å². The van der Waals surface area contributed by atoms with Crippen molar-refractivity contribution in [2.75, 3.05) is 19.6 Å². The number of piperidine rings is 1. The topological polar surface area (TPSA) is 87.7 Å². The number of thiophene rings is 1. The van der Waals surface area contributed by atoms with Crippen LogP contribution in [0.5, 0.6) is 0 Å². The first-order valence-corrected chi connectivity index (χ1v) is 10.2. The molecule has 1 aromatic rings. The maximum absolute atomic E-state index is 12.3. The van der Waals surface area contributed by atoms with E-state index in [1.54, 1.807) is 37.0 Å². The molecule has 0 aliphatic carbocycles. The summed E-state index contributed by atoms with van der Waals surface area (Å²) in [4.78, 5) is 38.7. The summed E-state index contributed by atoms with van der Waals surface area (Å²) in [5.41, 5.74) is -0.552. The maximum atomic E-state index is 12.3. The Labute approximate surface area is 164 Å². The number of rotatable bonds is 6. The normalized spacial score (nSPS) is 15.3. The highest BCUT2D eigenvalue weighted by molar-refractivity contribution is 7.10. The first-order valence-electron chi connectivity index (χ1n) is 9.29. The Morgan fingerprint density at radius 1 is 1.26 bits per heavy atom. The predicted molar refractivity (Wildman–Crippen MR) is 105 cm³/mol. The smallest absolute Gasteiger partial charge is 0.407 e. The van der Waals surface area contributed by atoms with Gasteiger partial charge in [0.15, 0.2) is 0 Å². The van der Waals surface area contributed by atoms with Crippen LogP contribution in [0.15, 0.2) is 17.5 Å². The summed E-state index contributed by atoms with van der Waals surface area (Å²) in [5.74, 6) is 0.0400. The minimum atomic E-state index is -0.552. The van der Waals surface area contributed by atoms with Gasteiger partial charge in [-0.05, 0) is 45.1 Å². The molecule has 27 heavy (non-hydrogen) atoms. The summed E-state index contributed by atoms with van der Waals surface area (Å²) in [5, 5.41) is 7.62. The van der Waals surface area contributed by atoms with Gasteiger partial charge in [0.25, 0.3) is 0 Å². The van der Waals surface area contributed by atoms with Crippen molar-refractivity contribution in [2.45, 2.75) is 58.1 Å². The molecule has 1 saturated heterocycles. The Bertz CT molecular complexity index is 632. The highest BCUT2D eigenvalue weighted by Gasteiger charge is 2.24. The Hall–Kier alpha value is -2.09. The van der Waals surface area contributed by atoms with Gasteiger partial charge in [-0.2, -0.15) is 0 Å². The van der Waals surface area contributed by atoms with Crippen molar-refractivity contribution in [3.05, 3.63) is 22.4 Å². The molecular formula is C19H29N3O4S. The molecule has 1 aliphatic rings. The van der Waals surface area contributed by atoms with Gasteiger partial charge in [-0.1, -0.05) is 6.07 Å². The average Bonchev–Trinajstić information content (AvgIpc) is 3.06. The summed E-state index contributed by atoms with van der Waals surface area (Å²) in [6, 6.07) is 4.01. The van der Waals surface area contributed by atoms with E-state index in [2.05, 4.69) is 10.6 Å². The number of hydrogen-bond acceptors (Lipinski definition) is 5. The van der Waals surface area contributed by atoms with Crippen LogP contribution in [0.3, 0.4) is 0 Å². The summed E-state index contributed by atoms with van der Waals surface area (Å²) in [6.07, 6.45) is 1.65. The van der Waals surface area contributed by atoms with Crippen LogP contribution >= 0.6 is 11.3 Å². The Morgan fingerprint density at radius 3 is 2.56 bits per heavy atom. The second-order valence-electron chi connectivity index (χ2n) is 7.66. The molecule has 0 saturated carbocycles. The number of ether oxygens (including phenoxy) is 1. The second kappa shape index (κ2) is 9.73. The number of amides is 3. The molecular weight excluding hydrogens is 366 g/mol. The lowest BCUT2D eigenvalue weighted by Crippen LogP contribution is -2.47. The average molecular weight is 396 g/mol. The number of hydrogen-bond donors (Lipinski definition) is 2. The van der Waals surface area contributed by atoms with E-state index in [1.807, 2.05) is 17.5 Å². The Morgan fingerprint density at radius 2 is 1.96 bits per heavy atom. The molecule has 2 N–H and O–H groups in total. The van der Waals surface area contributed by atoms with Gasteiger partial charge < -0.3 is 20.3 Å². The molecule has 2 heterocycles. The zero-order chi connectivity index (χ0) is 19.9. The number of carbonyl (C=O) groups excluding carboxylic acids is 3. The number of nitrogens with zero attached hydrogens (tertiary/aromatic N) is 1. The molecule has 1 aromatic heterocycles. The monoisotopic (exact) mass is 395 g/mol. The zero-order valence-electron chi connectivity index (χ0n) is 16.2. The van der Waals surface area contributed by atoms with Crippen molar-refractivity contribution in [2.24, 2.45) is 0 Å². The van der Waals surface area contributed by atoms with Crippen LogP contribution in [0, 0.1) is 0 Å². The van der Waals surface area contributed by atoms with Crippen molar-refractivity contribution >= 4 is 29.2 Å². The fourth-order valence-corrected chi connectivity index (χ4v) is 3.57. The lowest BCUT2D eigenvalue weighted by molar-refractivity contribution is -0.132. The van der Waals surface area contributed by atoms with E-state index in [1.165, 1.54) is 0 Å². The molecule has 0 radical (unpaired) electrons. The zero-order valence-corrected chi connectivity index (χ0v) is 17.1. The van der Waals surface area contributed by atoms with Crippen LogP contribution in [0.25, 0.3) is 0 Å². The summed E-state index contributed by atoms with van der Waals surface area (Å²) in [6.45, 7) is 6.87. The molecule has 3 amide bonds. The fourth-order valence-electron chi connectivity index (χ4n) is 2.87. The Kier molecular flexibility index (Phi) is 7.65. The van der Waals surface area contributed by atoms with E-state index in [0.717, 1.165) is 17.7 Å². The standard InChI is InChI=1S/C19H29N3O4S/c1-19(2,3)26-18(25)20-9-6-17(24)22-10-7-14(8-11-22)21-16(23)13-15-5-4-12-27-15/h4-5,12,14H,6-11,13H2,1-3H3,(H,20,25)(H,21,23). The fraction of sp³-hybridized carbons (Fsp3) is 0.632. The number of likely N-dealkylation sites (tertiary alicyclic amines) is 1. The minimum Gasteiger partial charge on any atom is -0.444 e. The Balaban J connectivity index is 1.62. The lowest BCUT2D eigenvalue weighted by atomic mass is 10.0. The third-order valence-corrected chi connectivity index (χ3v) is 5.01. The minimum absolute atomic E-state index is 0.00872. The summed E-state index contributed by atoms with van der Waals surface area (Å²) >= 11 is 1.58. The highest BCUT2D eigenvalue weighted by Crippen LogP contribution is 2.13. The number of alkyl carbamates (subject to hydrolysis) is 1. The van der Waals surface area contributed by atoms with Crippen molar-refractivity contribution in [1.29, 1.82) is 0 Å². The van der Waals surface area contributed by atoms with Crippen LogP contribution in [0.4, 0.5) is 4.79 Å². The van der Waals surface area contributed by atoms with Gasteiger partial charge in [-0.3, -0.25) is 9.59 Å². The van der Waals surface area contributed by atoms with Gasteiger partial charge in [-0.15, -0.1) is 11.3 Å². The third kappa shape index (κ3) is 7.99. The summed E-state index contributed by atoms with van der Waals surface area (Å²) < 4.78 is 5.14. The summed E-state index contributed by atoms with van der Waals surface area (Å²) in [7, 11) is 0. The van der Waals surface area contributed by atoms with E-state index in [9.17, 15) is 14.4 Å². The van der Waals surface area contributed by atoms with Crippen molar-refractivity contribution in [3.63, 3.8) is 0 Å². The SMILES string of the molecule is CC(C)(C)OC(=O)NCCC(=O)N1CCC(NC(=O)Cc2cccs2)CC1. The largest absolute Gasteiger partial charge is 0.444 e. The highest BCUT2D eigenvalue weighted by atomic mass is 32.1. The third-order valence-electron chi connectivity index (χ3n) is 4.13. The predicted octanol–water partition coefficient (Wildman–Crippen LogP) is 2.31. The first kappa shape index (κ1) is 21.2. The van der Waals surface area contributed by atoms with Crippen LogP contribution < -0.4 is 10.6 Å². The molecule has 1 fully saturated rings.